The van der Waals surface area contributed by atoms with E-state index in [1.807, 2.05) is 6.92 Å². The number of methoxy groups -OCH3 is 1. The maximum absolute atomic E-state index is 10.7. The van der Waals surface area contributed by atoms with Crippen molar-refractivity contribution in [3.8, 4) is 0 Å². The highest BCUT2D eigenvalue weighted by molar-refractivity contribution is 8.01. The van der Waals surface area contributed by atoms with Gasteiger partial charge < -0.3 is 4.74 Å². The zero-order valence-electron chi connectivity index (χ0n) is 7.81. The van der Waals surface area contributed by atoms with Crippen LogP contribution in [0.1, 0.15) is 5.01 Å². The van der Waals surface area contributed by atoms with Gasteiger partial charge in [-0.2, -0.15) is 0 Å². The molecule has 0 unspecified atom stereocenters. The molecule has 1 aromatic heterocycles. The van der Waals surface area contributed by atoms with Crippen LogP contribution >= 0.6 is 23.1 Å². The second-order valence-electron chi connectivity index (χ2n) is 2.25. The molecular formula is C8H9N2O2S2. The Hall–Kier alpha value is -0.880. The normalized spacial score (nSPS) is 10.7. The molecule has 0 spiro atoms. The molecule has 0 atom stereocenters. The zero-order valence-corrected chi connectivity index (χ0v) is 9.44. The number of aryl methyl sites for hydroxylation is 1. The first-order chi connectivity index (χ1) is 6.72. The molecule has 6 heteroatoms. The van der Waals surface area contributed by atoms with Crippen molar-refractivity contribution >= 4 is 29.1 Å². The molecule has 0 aliphatic rings. The van der Waals surface area contributed by atoms with Gasteiger partial charge in [-0.05, 0) is 13.0 Å². The van der Waals surface area contributed by atoms with Crippen molar-refractivity contribution < 1.29 is 9.53 Å². The minimum Gasteiger partial charge on any atom is -0.466 e. The lowest BCUT2D eigenvalue weighted by atomic mass is 10.5. The van der Waals surface area contributed by atoms with Gasteiger partial charge in [-0.3, -0.25) is 0 Å². The summed E-state index contributed by atoms with van der Waals surface area (Å²) in [6, 6.07) is 0. The molecule has 1 rings (SSSR count). The molecule has 75 valence electrons. The van der Waals surface area contributed by atoms with Crippen molar-refractivity contribution in [3.05, 3.63) is 17.2 Å². The average Bonchev–Trinajstić information content (AvgIpc) is 2.58. The van der Waals surface area contributed by atoms with E-state index in [2.05, 4.69) is 21.0 Å². The third-order valence-electron chi connectivity index (χ3n) is 1.21. The van der Waals surface area contributed by atoms with E-state index < -0.39 is 0 Å². The number of rotatable bonds is 4. The second-order valence-corrected chi connectivity index (χ2v) is 4.65. The predicted octanol–water partition coefficient (Wildman–Crippen LogP) is 1.47. The summed E-state index contributed by atoms with van der Waals surface area (Å²) in [6.07, 6.45) is 4.07. The highest BCUT2D eigenvalue weighted by atomic mass is 32.2. The fourth-order valence-electron chi connectivity index (χ4n) is 0.624. The van der Waals surface area contributed by atoms with Gasteiger partial charge in [0.15, 0.2) is 4.34 Å². The molecule has 0 saturated carbocycles. The van der Waals surface area contributed by atoms with Crippen LogP contribution in [0.5, 0.6) is 0 Å². The van der Waals surface area contributed by atoms with Crippen molar-refractivity contribution in [3.63, 3.8) is 0 Å². The molecule has 14 heavy (non-hydrogen) atoms. The van der Waals surface area contributed by atoms with Crippen LogP contribution in [0.4, 0.5) is 0 Å². The van der Waals surface area contributed by atoms with Crippen molar-refractivity contribution in [2.75, 3.05) is 12.9 Å². The molecule has 0 amide bonds. The fourth-order valence-corrected chi connectivity index (χ4v) is 2.20. The summed E-state index contributed by atoms with van der Waals surface area (Å²) >= 11 is 3.01. The Bertz CT molecular complexity index is 336. The minimum absolute atomic E-state index is 0.390. The van der Waals surface area contributed by atoms with Gasteiger partial charge in [-0.15, -0.1) is 10.2 Å². The highest BCUT2D eigenvalue weighted by Crippen LogP contribution is 2.21. The summed E-state index contributed by atoms with van der Waals surface area (Å²) in [5.41, 5.74) is 0. The fraction of sp³-hybridized carbons (Fsp3) is 0.375. The number of hydrogen-bond donors (Lipinski definition) is 0. The standard InChI is InChI=1S/C8H9N2O2S2/c1-6-9-10-8(14-6)13-5-3-4-7(11)12-2/h4H,5H2,1-2H3. The summed E-state index contributed by atoms with van der Waals surface area (Å²) in [6.45, 7) is 1.90. The van der Waals surface area contributed by atoms with Crippen LogP contribution in [0.15, 0.2) is 10.4 Å². The quantitative estimate of drug-likeness (QED) is 0.444. The molecule has 1 aromatic rings. The summed E-state index contributed by atoms with van der Waals surface area (Å²) in [4.78, 5) is 10.7. The van der Waals surface area contributed by atoms with Crippen LogP contribution in [0.3, 0.4) is 0 Å². The van der Waals surface area contributed by atoms with E-state index >= 15 is 0 Å². The minimum atomic E-state index is -0.390. The van der Waals surface area contributed by atoms with Gasteiger partial charge in [0.25, 0.3) is 0 Å². The van der Waals surface area contributed by atoms with Gasteiger partial charge in [0, 0.05) is 11.8 Å². The zero-order chi connectivity index (χ0) is 10.4. The van der Waals surface area contributed by atoms with Gasteiger partial charge in [0.2, 0.25) is 0 Å². The Morgan fingerprint density at radius 2 is 2.50 bits per heavy atom. The van der Waals surface area contributed by atoms with E-state index in [0.29, 0.717) is 5.75 Å². The van der Waals surface area contributed by atoms with Crippen LogP contribution in [-0.4, -0.2) is 29.0 Å². The lowest BCUT2D eigenvalue weighted by molar-refractivity contribution is -0.134. The van der Waals surface area contributed by atoms with Gasteiger partial charge in [-0.25, -0.2) is 4.79 Å². The SMILES string of the molecule is COC(=O)/C=[C]\CSc1nnc(C)s1. The molecule has 0 aliphatic heterocycles. The first-order valence-corrected chi connectivity index (χ1v) is 5.60. The largest absolute Gasteiger partial charge is 0.466 e. The van der Waals surface area contributed by atoms with Crippen LogP contribution in [0.2, 0.25) is 0 Å². The van der Waals surface area contributed by atoms with Crippen LogP contribution < -0.4 is 0 Å². The topological polar surface area (TPSA) is 52.1 Å². The van der Waals surface area contributed by atoms with E-state index in [-0.39, 0.29) is 5.97 Å². The van der Waals surface area contributed by atoms with Gasteiger partial charge >= 0.3 is 5.97 Å². The Balaban J connectivity index is 2.28. The molecule has 1 radical (unpaired) electrons. The van der Waals surface area contributed by atoms with Crippen molar-refractivity contribution in [2.45, 2.75) is 11.3 Å². The highest BCUT2D eigenvalue weighted by Gasteiger charge is 1.99. The molecule has 0 aromatic carbocycles. The number of nitrogens with zero attached hydrogens (tertiary/aromatic N) is 2. The van der Waals surface area contributed by atoms with Crippen molar-refractivity contribution in [1.82, 2.24) is 10.2 Å². The number of carbonyl (C=O) groups excluding carboxylic acids is 1. The van der Waals surface area contributed by atoms with E-state index in [1.54, 1.807) is 0 Å². The Labute approximate surface area is 90.4 Å². The van der Waals surface area contributed by atoms with Crippen LogP contribution in [0.25, 0.3) is 0 Å². The number of thioether (sulfide) groups is 1. The first kappa shape index (κ1) is 11.2. The monoisotopic (exact) mass is 229 g/mol. The van der Waals surface area contributed by atoms with E-state index in [4.69, 9.17) is 0 Å². The van der Waals surface area contributed by atoms with Crippen molar-refractivity contribution in [1.29, 1.82) is 0 Å². The maximum atomic E-state index is 10.7. The smallest absolute Gasteiger partial charge is 0.330 e. The lowest BCUT2D eigenvalue weighted by Crippen LogP contribution is -1.93. The number of esters is 1. The second kappa shape index (κ2) is 5.77. The number of carbonyl (C=O) groups is 1. The Morgan fingerprint density at radius 1 is 1.71 bits per heavy atom. The summed E-state index contributed by atoms with van der Waals surface area (Å²) in [5, 5.41) is 8.71. The molecular weight excluding hydrogens is 220 g/mol. The number of hydrogen-bond acceptors (Lipinski definition) is 6. The Kier molecular flexibility index (Phi) is 4.61. The summed E-state index contributed by atoms with van der Waals surface area (Å²) in [5.74, 6) is 0.183. The maximum Gasteiger partial charge on any atom is 0.330 e. The van der Waals surface area contributed by atoms with Crippen LogP contribution in [-0.2, 0) is 9.53 Å². The summed E-state index contributed by atoms with van der Waals surface area (Å²) < 4.78 is 5.30. The molecule has 1 heterocycles. The van der Waals surface area contributed by atoms with E-state index in [1.165, 1.54) is 36.3 Å². The molecule has 0 aliphatic carbocycles. The molecule has 0 N–H and O–H groups in total. The Morgan fingerprint density at radius 3 is 3.07 bits per heavy atom. The van der Waals surface area contributed by atoms with E-state index in [9.17, 15) is 4.79 Å². The first-order valence-electron chi connectivity index (χ1n) is 3.80. The number of ether oxygens (including phenoxy) is 1. The van der Waals surface area contributed by atoms with Crippen molar-refractivity contribution in [2.24, 2.45) is 0 Å². The third-order valence-corrected chi connectivity index (χ3v) is 3.08. The summed E-state index contributed by atoms with van der Waals surface area (Å²) in [7, 11) is 1.34. The molecule has 0 fully saturated rings. The van der Waals surface area contributed by atoms with E-state index in [0.717, 1.165) is 9.35 Å². The third kappa shape index (κ3) is 3.89. The molecule has 0 bridgehead atoms. The molecule has 0 saturated heterocycles. The van der Waals surface area contributed by atoms with Gasteiger partial charge in [0.05, 0.1) is 7.11 Å². The average molecular weight is 229 g/mol. The lowest BCUT2D eigenvalue weighted by Gasteiger charge is -1.89. The van der Waals surface area contributed by atoms with Crippen LogP contribution in [0, 0.1) is 13.0 Å². The van der Waals surface area contributed by atoms with Gasteiger partial charge in [-0.1, -0.05) is 23.1 Å². The van der Waals surface area contributed by atoms with Gasteiger partial charge in [0.1, 0.15) is 5.01 Å². The predicted molar refractivity (Wildman–Crippen MR) is 55.2 cm³/mol. The molecule has 4 nitrogen and oxygen atoms in total. The number of aromatic nitrogens is 2.